The standard InChI is InChI=1S/C18H23N7O/c1-23-15(21-22-16(23)12-2-3-12)11-24-6-8-25(9-7-24)18-14(10-19)20-17(26-18)13-4-5-13/h12-13H,2-9,11H2,1H3. The maximum absolute atomic E-state index is 9.37. The number of hydrogen-bond acceptors (Lipinski definition) is 7. The van der Waals surface area contributed by atoms with Crippen LogP contribution in [0, 0.1) is 11.3 Å². The summed E-state index contributed by atoms with van der Waals surface area (Å²) in [5.74, 6) is 4.61. The smallest absolute Gasteiger partial charge is 0.234 e. The molecule has 136 valence electrons. The van der Waals surface area contributed by atoms with Crippen LogP contribution < -0.4 is 4.90 Å². The summed E-state index contributed by atoms with van der Waals surface area (Å²) in [7, 11) is 2.08. The van der Waals surface area contributed by atoms with Gasteiger partial charge in [0.15, 0.2) is 0 Å². The lowest BCUT2D eigenvalue weighted by Gasteiger charge is -2.34. The summed E-state index contributed by atoms with van der Waals surface area (Å²) in [5.41, 5.74) is 0.433. The Kier molecular flexibility index (Phi) is 3.71. The fourth-order valence-electron chi connectivity index (χ4n) is 3.64. The number of anilines is 1. The molecule has 2 aliphatic carbocycles. The van der Waals surface area contributed by atoms with Gasteiger partial charge in [-0.3, -0.25) is 4.90 Å². The Morgan fingerprint density at radius 2 is 1.81 bits per heavy atom. The SMILES string of the molecule is Cn1c(CN2CCN(c3oc(C4CC4)nc3C#N)CC2)nnc1C1CC1. The van der Waals surface area contributed by atoms with Gasteiger partial charge in [-0.25, -0.2) is 4.98 Å². The molecule has 8 nitrogen and oxygen atoms in total. The fourth-order valence-corrected chi connectivity index (χ4v) is 3.64. The van der Waals surface area contributed by atoms with Crippen molar-refractivity contribution < 1.29 is 4.42 Å². The van der Waals surface area contributed by atoms with Crippen LogP contribution in [0.15, 0.2) is 4.42 Å². The molecule has 3 aliphatic rings. The van der Waals surface area contributed by atoms with E-state index in [2.05, 4.69) is 42.7 Å². The highest BCUT2D eigenvalue weighted by molar-refractivity contribution is 5.48. The Hall–Kier alpha value is -2.40. The van der Waals surface area contributed by atoms with E-state index in [1.54, 1.807) is 0 Å². The van der Waals surface area contributed by atoms with Crippen molar-refractivity contribution in [1.82, 2.24) is 24.6 Å². The molecule has 8 heteroatoms. The largest absolute Gasteiger partial charge is 0.423 e. The van der Waals surface area contributed by atoms with Gasteiger partial charge in [0, 0.05) is 45.1 Å². The van der Waals surface area contributed by atoms with Gasteiger partial charge in [-0.2, -0.15) is 5.26 Å². The van der Waals surface area contributed by atoms with Gasteiger partial charge in [-0.15, -0.1) is 10.2 Å². The maximum atomic E-state index is 9.37. The van der Waals surface area contributed by atoms with Crippen molar-refractivity contribution in [3.05, 3.63) is 23.2 Å². The summed E-state index contributed by atoms with van der Waals surface area (Å²) in [6.45, 7) is 4.31. The number of rotatable bonds is 5. The lowest BCUT2D eigenvalue weighted by molar-refractivity contribution is 0.237. The number of nitrogens with zero attached hydrogens (tertiary/aromatic N) is 7. The van der Waals surface area contributed by atoms with Gasteiger partial charge in [0.05, 0.1) is 6.54 Å². The van der Waals surface area contributed by atoms with Crippen LogP contribution in [-0.4, -0.2) is 50.8 Å². The van der Waals surface area contributed by atoms with Gasteiger partial charge in [-0.05, 0) is 25.7 Å². The third-order valence-electron chi connectivity index (χ3n) is 5.62. The van der Waals surface area contributed by atoms with Crippen molar-refractivity contribution in [2.24, 2.45) is 7.05 Å². The van der Waals surface area contributed by atoms with Crippen LogP contribution in [0.25, 0.3) is 0 Å². The molecule has 5 rings (SSSR count). The fraction of sp³-hybridized carbons (Fsp3) is 0.667. The minimum atomic E-state index is 0.425. The number of aromatic nitrogens is 4. The molecule has 3 heterocycles. The number of oxazole rings is 1. The topological polar surface area (TPSA) is 87.0 Å². The van der Waals surface area contributed by atoms with Gasteiger partial charge in [0.25, 0.3) is 0 Å². The van der Waals surface area contributed by atoms with E-state index in [0.29, 0.717) is 23.4 Å². The number of hydrogen-bond donors (Lipinski definition) is 0. The summed E-state index contributed by atoms with van der Waals surface area (Å²) in [4.78, 5) is 8.93. The van der Waals surface area contributed by atoms with E-state index in [9.17, 15) is 5.26 Å². The Morgan fingerprint density at radius 1 is 1.08 bits per heavy atom. The summed E-state index contributed by atoms with van der Waals surface area (Å²) in [6, 6.07) is 2.19. The molecule has 0 bridgehead atoms. The summed E-state index contributed by atoms with van der Waals surface area (Å²) in [6.07, 6.45) is 4.73. The zero-order valence-corrected chi connectivity index (χ0v) is 15.1. The van der Waals surface area contributed by atoms with Crippen molar-refractivity contribution in [2.45, 2.75) is 44.1 Å². The molecule has 0 radical (unpaired) electrons. The van der Waals surface area contributed by atoms with E-state index in [1.807, 2.05) is 0 Å². The molecule has 26 heavy (non-hydrogen) atoms. The first-order chi connectivity index (χ1) is 12.7. The molecule has 2 saturated carbocycles. The first-order valence-electron chi connectivity index (χ1n) is 9.49. The van der Waals surface area contributed by atoms with E-state index in [4.69, 9.17) is 4.42 Å². The van der Waals surface area contributed by atoms with Crippen molar-refractivity contribution >= 4 is 5.88 Å². The second-order valence-electron chi connectivity index (χ2n) is 7.66. The molecular weight excluding hydrogens is 330 g/mol. The van der Waals surface area contributed by atoms with Crippen LogP contribution in [-0.2, 0) is 13.6 Å². The normalized spacial score (nSPS) is 21.2. The highest BCUT2D eigenvalue weighted by Crippen LogP contribution is 2.41. The van der Waals surface area contributed by atoms with E-state index in [0.717, 1.165) is 63.1 Å². The summed E-state index contributed by atoms with van der Waals surface area (Å²) < 4.78 is 8.09. The average Bonchev–Trinajstić information content (AvgIpc) is 3.59. The van der Waals surface area contributed by atoms with Crippen molar-refractivity contribution in [2.75, 3.05) is 31.1 Å². The van der Waals surface area contributed by atoms with E-state index in [1.165, 1.54) is 12.8 Å². The van der Waals surface area contributed by atoms with E-state index in [-0.39, 0.29) is 0 Å². The highest BCUT2D eigenvalue weighted by Gasteiger charge is 2.33. The Morgan fingerprint density at radius 3 is 2.46 bits per heavy atom. The molecule has 3 fully saturated rings. The molecule has 1 aliphatic heterocycles. The molecule has 2 aromatic rings. The van der Waals surface area contributed by atoms with Crippen LogP contribution in [0.3, 0.4) is 0 Å². The zero-order valence-electron chi connectivity index (χ0n) is 15.1. The third-order valence-corrected chi connectivity index (χ3v) is 5.62. The first kappa shape index (κ1) is 15.8. The lowest BCUT2D eigenvalue weighted by Crippen LogP contribution is -2.46. The number of nitriles is 1. The Bertz CT molecular complexity index is 848. The van der Waals surface area contributed by atoms with Gasteiger partial charge in [0.2, 0.25) is 17.5 Å². The monoisotopic (exact) mass is 353 g/mol. The molecule has 0 spiro atoms. The van der Waals surface area contributed by atoms with Crippen molar-refractivity contribution in [3.63, 3.8) is 0 Å². The molecule has 0 unspecified atom stereocenters. The predicted octanol–water partition coefficient (Wildman–Crippen LogP) is 1.75. The van der Waals surface area contributed by atoms with Gasteiger partial charge in [-0.1, -0.05) is 0 Å². The first-order valence-corrected chi connectivity index (χ1v) is 9.49. The molecule has 0 aromatic carbocycles. The second-order valence-corrected chi connectivity index (χ2v) is 7.66. The molecular formula is C18H23N7O. The van der Waals surface area contributed by atoms with Gasteiger partial charge >= 0.3 is 0 Å². The third kappa shape index (κ3) is 2.86. The minimum absolute atomic E-state index is 0.425. The van der Waals surface area contributed by atoms with Crippen LogP contribution >= 0.6 is 0 Å². The lowest BCUT2D eigenvalue weighted by atomic mass is 10.3. The van der Waals surface area contributed by atoms with Crippen LogP contribution in [0.2, 0.25) is 0 Å². The average molecular weight is 353 g/mol. The zero-order chi connectivity index (χ0) is 17.7. The van der Waals surface area contributed by atoms with E-state index < -0.39 is 0 Å². The molecule has 0 amide bonds. The molecule has 0 N–H and O–H groups in total. The molecule has 0 atom stereocenters. The number of piperazine rings is 1. The van der Waals surface area contributed by atoms with Gasteiger partial charge in [0.1, 0.15) is 17.7 Å². The second kappa shape index (κ2) is 6.09. The van der Waals surface area contributed by atoms with E-state index >= 15 is 0 Å². The van der Waals surface area contributed by atoms with Crippen LogP contribution in [0.5, 0.6) is 0 Å². The van der Waals surface area contributed by atoms with Crippen LogP contribution in [0.1, 0.15) is 60.8 Å². The van der Waals surface area contributed by atoms with Crippen molar-refractivity contribution in [3.8, 4) is 6.07 Å². The Labute approximate surface area is 152 Å². The Balaban J connectivity index is 1.23. The highest BCUT2D eigenvalue weighted by atomic mass is 16.4. The van der Waals surface area contributed by atoms with Crippen molar-refractivity contribution in [1.29, 1.82) is 5.26 Å². The van der Waals surface area contributed by atoms with Crippen LogP contribution in [0.4, 0.5) is 5.88 Å². The minimum Gasteiger partial charge on any atom is -0.423 e. The molecule has 1 saturated heterocycles. The summed E-state index contributed by atoms with van der Waals surface area (Å²) >= 11 is 0. The molecule has 2 aromatic heterocycles. The maximum Gasteiger partial charge on any atom is 0.234 e. The van der Waals surface area contributed by atoms with Gasteiger partial charge < -0.3 is 13.9 Å². The summed E-state index contributed by atoms with van der Waals surface area (Å²) in [5, 5.41) is 18.1. The predicted molar refractivity (Wildman–Crippen MR) is 93.7 cm³/mol. The quantitative estimate of drug-likeness (QED) is 0.809.